The Hall–Kier alpha value is -3.84. The van der Waals surface area contributed by atoms with Crippen LogP contribution in [0.5, 0.6) is 5.75 Å². The Balaban J connectivity index is 1.44. The molecule has 1 amide bonds. The maximum absolute atomic E-state index is 14.5. The minimum absolute atomic E-state index is 0.0630. The first kappa shape index (κ1) is 21.7. The topological polar surface area (TPSA) is 60.6 Å². The molecule has 0 bridgehead atoms. The van der Waals surface area contributed by atoms with Crippen LogP contribution >= 0.6 is 0 Å². The zero-order valence-electron chi connectivity index (χ0n) is 19.6. The fourth-order valence-corrected chi connectivity index (χ4v) is 5.31. The number of halogens is 1. The molecule has 178 valence electrons. The number of para-hydroxylation sites is 1. The number of aromatic amines is 1. The normalized spacial score (nSPS) is 16.6. The van der Waals surface area contributed by atoms with Crippen molar-refractivity contribution >= 4 is 22.5 Å². The Labute approximate surface area is 203 Å². The van der Waals surface area contributed by atoms with Gasteiger partial charge in [0.1, 0.15) is 17.6 Å². The number of anilines is 1. The summed E-state index contributed by atoms with van der Waals surface area (Å²) in [6.45, 7) is 4.12. The molecular weight excluding hydrogens is 443 g/mol. The predicted molar refractivity (Wildman–Crippen MR) is 134 cm³/mol. The van der Waals surface area contributed by atoms with Crippen molar-refractivity contribution in [1.82, 2.24) is 15.2 Å². The van der Waals surface area contributed by atoms with Crippen LogP contribution in [0, 0.1) is 5.82 Å². The van der Waals surface area contributed by atoms with Crippen LogP contribution in [-0.2, 0) is 6.54 Å². The van der Waals surface area contributed by atoms with E-state index in [2.05, 4.69) is 27.3 Å². The average molecular weight is 471 g/mol. The van der Waals surface area contributed by atoms with Gasteiger partial charge in [0.25, 0.3) is 5.91 Å². The first-order valence-corrected chi connectivity index (χ1v) is 11.9. The van der Waals surface area contributed by atoms with Gasteiger partial charge in [0.05, 0.1) is 7.11 Å². The Bertz CT molecular complexity index is 1380. The van der Waals surface area contributed by atoms with Crippen LogP contribution in [0.25, 0.3) is 10.9 Å². The number of amides is 1. The summed E-state index contributed by atoms with van der Waals surface area (Å²) >= 11 is 0. The molecule has 35 heavy (non-hydrogen) atoms. The van der Waals surface area contributed by atoms with Crippen LogP contribution in [0.4, 0.5) is 10.1 Å². The second kappa shape index (κ2) is 8.74. The van der Waals surface area contributed by atoms with Crippen LogP contribution in [-0.4, -0.2) is 49.1 Å². The molecule has 3 aromatic carbocycles. The molecule has 0 radical (unpaired) electrons. The molecule has 2 aliphatic heterocycles. The highest BCUT2D eigenvalue weighted by atomic mass is 19.1. The molecule has 2 aliphatic rings. The maximum Gasteiger partial charge on any atom is 0.255 e. The molecule has 1 saturated heterocycles. The van der Waals surface area contributed by atoms with Gasteiger partial charge < -0.3 is 24.8 Å². The Morgan fingerprint density at radius 2 is 1.83 bits per heavy atom. The molecule has 0 spiro atoms. The van der Waals surface area contributed by atoms with Crippen LogP contribution in [0.2, 0.25) is 0 Å². The van der Waals surface area contributed by atoms with E-state index in [-0.39, 0.29) is 11.7 Å². The zero-order chi connectivity index (χ0) is 23.9. The third-order valence-corrected chi connectivity index (χ3v) is 7.05. The van der Waals surface area contributed by atoms with E-state index in [1.165, 1.54) is 12.1 Å². The highest BCUT2D eigenvalue weighted by Crippen LogP contribution is 2.41. The van der Waals surface area contributed by atoms with E-state index >= 15 is 0 Å². The number of nitrogens with one attached hydrogen (secondary N) is 2. The minimum atomic E-state index is -0.532. The SMILES string of the molecule is COc1ccc(F)cc1[C@H](c1cc2ccccc2[nH]1)N1Cc2ccc(N3CCNCC3)cc2C1=O. The average Bonchev–Trinajstić information content (AvgIpc) is 3.46. The lowest BCUT2D eigenvalue weighted by Gasteiger charge is -2.29. The van der Waals surface area contributed by atoms with Gasteiger partial charge >= 0.3 is 0 Å². The largest absolute Gasteiger partial charge is 0.496 e. The molecule has 6 nitrogen and oxygen atoms in total. The van der Waals surface area contributed by atoms with Gasteiger partial charge in [-0.05, 0) is 53.4 Å². The number of aromatic nitrogens is 1. The summed E-state index contributed by atoms with van der Waals surface area (Å²) in [6.07, 6.45) is 0. The molecule has 0 saturated carbocycles. The van der Waals surface area contributed by atoms with Gasteiger partial charge in [-0.2, -0.15) is 0 Å². The van der Waals surface area contributed by atoms with Gasteiger partial charge in [-0.25, -0.2) is 4.39 Å². The van der Waals surface area contributed by atoms with Gasteiger partial charge in [0.15, 0.2) is 0 Å². The van der Waals surface area contributed by atoms with E-state index in [0.717, 1.165) is 54.0 Å². The number of carbonyl (C=O) groups excluding carboxylic acids is 1. The number of piperazine rings is 1. The second-order valence-corrected chi connectivity index (χ2v) is 9.11. The van der Waals surface area contributed by atoms with E-state index in [9.17, 15) is 9.18 Å². The van der Waals surface area contributed by atoms with E-state index in [0.29, 0.717) is 23.4 Å². The fourth-order valence-electron chi connectivity index (χ4n) is 5.31. The molecule has 3 heterocycles. The standard InChI is InChI=1S/C28H27FN4O2/c1-35-26-9-7-20(29)15-23(26)27(25-14-18-4-2-3-5-24(18)31-25)33-17-19-6-8-21(16-22(19)28(33)34)32-12-10-30-11-13-32/h2-9,14-16,27,30-31H,10-13,17H2,1H3/t27-/m1/s1. The van der Waals surface area contributed by atoms with Gasteiger partial charge in [0.2, 0.25) is 0 Å². The van der Waals surface area contributed by atoms with Crippen molar-refractivity contribution in [3.8, 4) is 5.75 Å². The number of H-pyrrole nitrogens is 1. The molecule has 0 aliphatic carbocycles. The Kier molecular flexibility index (Phi) is 5.41. The molecule has 1 atom stereocenters. The number of nitrogens with zero attached hydrogens (tertiary/aromatic N) is 2. The van der Waals surface area contributed by atoms with Crippen LogP contribution in [0.3, 0.4) is 0 Å². The monoisotopic (exact) mass is 470 g/mol. The summed E-state index contributed by atoms with van der Waals surface area (Å²) in [6, 6.07) is 20.1. The number of ether oxygens (including phenoxy) is 1. The van der Waals surface area contributed by atoms with Crippen molar-refractivity contribution in [3.05, 3.63) is 94.9 Å². The smallest absolute Gasteiger partial charge is 0.255 e. The third-order valence-electron chi connectivity index (χ3n) is 7.05. The second-order valence-electron chi connectivity index (χ2n) is 9.11. The Morgan fingerprint density at radius 3 is 2.63 bits per heavy atom. The number of hydrogen-bond acceptors (Lipinski definition) is 4. The highest BCUT2D eigenvalue weighted by molar-refractivity contribution is 6.00. The van der Waals surface area contributed by atoms with E-state index < -0.39 is 6.04 Å². The van der Waals surface area contributed by atoms with Crippen molar-refractivity contribution in [2.24, 2.45) is 0 Å². The summed E-state index contributed by atoms with van der Waals surface area (Å²) in [7, 11) is 1.57. The van der Waals surface area contributed by atoms with E-state index in [1.807, 2.05) is 41.3 Å². The molecule has 6 rings (SSSR count). The highest BCUT2D eigenvalue weighted by Gasteiger charge is 2.37. The molecule has 7 heteroatoms. The molecular formula is C28H27FN4O2. The van der Waals surface area contributed by atoms with Gasteiger partial charge in [-0.1, -0.05) is 24.3 Å². The van der Waals surface area contributed by atoms with Crippen LogP contribution in [0.1, 0.15) is 33.2 Å². The predicted octanol–water partition coefficient (Wildman–Crippen LogP) is 4.47. The molecule has 1 aromatic heterocycles. The minimum Gasteiger partial charge on any atom is -0.496 e. The summed E-state index contributed by atoms with van der Waals surface area (Å²) in [4.78, 5) is 21.4. The number of benzene rings is 3. The van der Waals surface area contributed by atoms with Crippen molar-refractivity contribution in [3.63, 3.8) is 0 Å². The van der Waals surface area contributed by atoms with Crippen molar-refractivity contribution < 1.29 is 13.9 Å². The lowest BCUT2D eigenvalue weighted by molar-refractivity contribution is 0.0726. The summed E-state index contributed by atoms with van der Waals surface area (Å²) in [5.74, 6) is 0.110. The van der Waals surface area contributed by atoms with Crippen molar-refractivity contribution in [2.75, 3.05) is 38.2 Å². The van der Waals surface area contributed by atoms with Crippen LogP contribution < -0.4 is 15.0 Å². The lowest BCUT2D eigenvalue weighted by atomic mass is 10.0. The summed E-state index contributed by atoms with van der Waals surface area (Å²) < 4.78 is 20.1. The van der Waals surface area contributed by atoms with Crippen molar-refractivity contribution in [1.29, 1.82) is 0 Å². The molecule has 1 fully saturated rings. The maximum atomic E-state index is 14.5. The lowest BCUT2D eigenvalue weighted by Crippen LogP contribution is -2.43. The first-order chi connectivity index (χ1) is 17.1. The van der Waals surface area contributed by atoms with Gasteiger partial charge in [0, 0.05) is 60.7 Å². The number of rotatable bonds is 5. The fraction of sp³-hybridized carbons (Fsp3) is 0.250. The van der Waals surface area contributed by atoms with E-state index in [1.54, 1.807) is 13.2 Å². The summed E-state index contributed by atoms with van der Waals surface area (Å²) in [5.41, 5.74) is 5.14. The number of carbonyl (C=O) groups is 1. The number of hydrogen-bond donors (Lipinski definition) is 2. The number of fused-ring (bicyclic) bond motifs is 2. The van der Waals surface area contributed by atoms with Crippen LogP contribution in [0.15, 0.2) is 66.7 Å². The number of methoxy groups -OCH3 is 1. The molecule has 4 aromatic rings. The first-order valence-electron chi connectivity index (χ1n) is 11.9. The zero-order valence-corrected chi connectivity index (χ0v) is 19.6. The quantitative estimate of drug-likeness (QED) is 0.452. The summed E-state index contributed by atoms with van der Waals surface area (Å²) in [5, 5.41) is 4.40. The van der Waals surface area contributed by atoms with Gasteiger partial charge in [-0.15, -0.1) is 0 Å². The van der Waals surface area contributed by atoms with Crippen molar-refractivity contribution in [2.45, 2.75) is 12.6 Å². The van der Waals surface area contributed by atoms with Gasteiger partial charge in [-0.3, -0.25) is 4.79 Å². The Morgan fingerprint density at radius 1 is 1.00 bits per heavy atom. The molecule has 0 unspecified atom stereocenters. The third kappa shape index (κ3) is 3.82. The molecule has 2 N–H and O–H groups in total. The van der Waals surface area contributed by atoms with E-state index in [4.69, 9.17) is 4.74 Å².